The van der Waals surface area contributed by atoms with E-state index in [9.17, 15) is 4.39 Å². The highest BCUT2D eigenvalue weighted by atomic mass is 19.1. The smallest absolute Gasteiger partial charge is 0.217 e. The fraction of sp³-hybridized carbons (Fsp3) is 1.00. The maximum Gasteiger partial charge on any atom is 0.217 e. The van der Waals surface area contributed by atoms with E-state index in [0.717, 1.165) is 25.6 Å². The molecule has 0 radical (unpaired) electrons. The largest absolute Gasteiger partial charge is 0.359 e. The summed E-state index contributed by atoms with van der Waals surface area (Å²) in [5.74, 6) is 0.331. The predicted octanol–water partition coefficient (Wildman–Crippen LogP) is 1.97. The van der Waals surface area contributed by atoms with Gasteiger partial charge in [-0.1, -0.05) is 19.6 Å². The van der Waals surface area contributed by atoms with Crippen molar-refractivity contribution in [3.63, 3.8) is 0 Å². The quantitative estimate of drug-likeness (QED) is 0.617. The molecule has 64 valence electrons. The van der Waals surface area contributed by atoms with Crippen LogP contribution in [-0.2, 0) is 0 Å². The summed E-state index contributed by atoms with van der Waals surface area (Å²) >= 11 is 0. The Morgan fingerprint density at radius 1 is 1.55 bits per heavy atom. The zero-order valence-corrected chi connectivity index (χ0v) is 7.44. The molecular weight excluding hydrogens is 140 g/mol. The summed E-state index contributed by atoms with van der Waals surface area (Å²) in [4.78, 5) is 0. The molecule has 1 rings (SSSR count). The van der Waals surface area contributed by atoms with Gasteiger partial charge < -0.3 is 5.23 Å². The summed E-state index contributed by atoms with van der Waals surface area (Å²) in [6, 6.07) is 0. The molecule has 1 nitrogen and oxygen atoms in total. The van der Waals surface area contributed by atoms with Gasteiger partial charge in [0.15, 0.2) is 0 Å². The van der Waals surface area contributed by atoms with Crippen LogP contribution in [0.2, 0.25) is 13.1 Å². The lowest BCUT2D eigenvalue weighted by molar-refractivity contribution is 0.276. The standard InChI is InChI=1S/C8H17BFN/c1-9(11-2)6-7-4-3-5-8(7)10/h7-8,11H,3-6H2,1-2H3/t7-,8?/m0/s1. The Morgan fingerprint density at radius 3 is 2.73 bits per heavy atom. The summed E-state index contributed by atoms with van der Waals surface area (Å²) < 4.78 is 13.1. The molecule has 1 fully saturated rings. The molecule has 1 N–H and O–H groups in total. The van der Waals surface area contributed by atoms with Crippen molar-refractivity contribution in [2.45, 2.75) is 38.6 Å². The van der Waals surface area contributed by atoms with Crippen LogP contribution in [0, 0.1) is 5.92 Å². The predicted molar refractivity (Wildman–Crippen MR) is 47.7 cm³/mol. The molecule has 1 aliphatic rings. The van der Waals surface area contributed by atoms with Gasteiger partial charge in [-0.2, -0.15) is 0 Å². The molecule has 1 unspecified atom stereocenters. The fourth-order valence-electron chi connectivity index (χ4n) is 1.83. The highest BCUT2D eigenvalue weighted by molar-refractivity contribution is 6.54. The van der Waals surface area contributed by atoms with Gasteiger partial charge in [0.2, 0.25) is 6.85 Å². The molecule has 0 aliphatic heterocycles. The van der Waals surface area contributed by atoms with E-state index in [1.165, 1.54) is 0 Å². The maximum absolute atomic E-state index is 13.1. The number of hydrogen-bond acceptors (Lipinski definition) is 1. The van der Waals surface area contributed by atoms with Crippen LogP contribution in [0.15, 0.2) is 0 Å². The lowest BCUT2D eigenvalue weighted by Gasteiger charge is -2.14. The first kappa shape index (κ1) is 9.05. The Labute approximate surface area is 68.8 Å². The molecular formula is C8H17BFN. The maximum atomic E-state index is 13.1. The summed E-state index contributed by atoms with van der Waals surface area (Å²) in [6.45, 7) is 2.58. The minimum absolute atomic E-state index is 0.331. The van der Waals surface area contributed by atoms with E-state index in [1.54, 1.807) is 0 Å². The topological polar surface area (TPSA) is 12.0 Å². The van der Waals surface area contributed by atoms with Gasteiger partial charge in [0.05, 0.1) is 0 Å². The Kier molecular flexibility index (Phi) is 3.37. The van der Waals surface area contributed by atoms with Gasteiger partial charge >= 0.3 is 0 Å². The number of rotatable bonds is 3. The first-order valence-corrected chi connectivity index (χ1v) is 4.55. The molecule has 0 aromatic rings. The first-order chi connectivity index (χ1) is 5.24. The molecule has 0 aromatic heterocycles. The van der Waals surface area contributed by atoms with Crippen LogP contribution in [-0.4, -0.2) is 20.1 Å². The Bertz CT molecular complexity index is 121. The summed E-state index contributed by atoms with van der Waals surface area (Å²) in [5, 5.41) is 3.15. The average molecular weight is 157 g/mol. The lowest BCUT2D eigenvalue weighted by Crippen LogP contribution is -2.30. The van der Waals surface area contributed by atoms with Gasteiger partial charge in [0, 0.05) is 0 Å². The molecule has 0 bridgehead atoms. The Morgan fingerprint density at radius 2 is 2.27 bits per heavy atom. The second kappa shape index (κ2) is 4.10. The van der Waals surface area contributed by atoms with Gasteiger partial charge in [0.25, 0.3) is 0 Å². The van der Waals surface area contributed by atoms with Crippen LogP contribution in [0.1, 0.15) is 19.3 Å². The van der Waals surface area contributed by atoms with Crippen LogP contribution in [0.25, 0.3) is 0 Å². The van der Waals surface area contributed by atoms with E-state index >= 15 is 0 Å². The number of nitrogens with one attached hydrogen (secondary N) is 1. The molecule has 1 aliphatic carbocycles. The van der Waals surface area contributed by atoms with Crippen molar-refractivity contribution in [1.82, 2.24) is 5.23 Å². The third-order valence-electron chi connectivity index (χ3n) is 2.72. The minimum Gasteiger partial charge on any atom is -0.359 e. The van der Waals surface area contributed by atoms with Crippen LogP contribution in [0.3, 0.4) is 0 Å². The molecule has 0 saturated heterocycles. The van der Waals surface area contributed by atoms with Crippen LogP contribution >= 0.6 is 0 Å². The number of hydrogen-bond donors (Lipinski definition) is 1. The third kappa shape index (κ3) is 2.47. The van der Waals surface area contributed by atoms with Crippen molar-refractivity contribution in [3.8, 4) is 0 Å². The molecule has 11 heavy (non-hydrogen) atoms. The van der Waals surface area contributed by atoms with Crippen LogP contribution < -0.4 is 5.23 Å². The van der Waals surface area contributed by atoms with Gasteiger partial charge in [-0.25, -0.2) is 4.39 Å². The first-order valence-electron chi connectivity index (χ1n) is 4.55. The average Bonchev–Trinajstić information content (AvgIpc) is 2.37. The van der Waals surface area contributed by atoms with Crippen molar-refractivity contribution < 1.29 is 4.39 Å². The molecule has 0 spiro atoms. The minimum atomic E-state index is -0.522. The van der Waals surface area contributed by atoms with Crippen molar-refractivity contribution in [1.29, 1.82) is 0 Å². The van der Waals surface area contributed by atoms with Crippen molar-refractivity contribution in [3.05, 3.63) is 0 Å². The second-order valence-corrected chi connectivity index (χ2v) is 3.63. The van der Waals surface area contributed by atoms with Crippen LogP contribution in [0.4, 0.5) is 4.39 Å². The van der Waals surface area contributed by atoms with E-state index < -0.39 is 6.17 Å². The second-order valence-electron chi connectivity index (χ2n) is 3.63. The van der Waals surface area contributed by atoms with E-state index in [-0.39, 0.29) is 0 Å². The Hall–Kier alpha value is -0.0451. The molecule has 0 heterocycles. The molecule has 3 heteroatoms. The zero-order chi connectivity index (χ0) is 8.27. The number of alkyl halides is 1. The van der Waals surface area contributed by atoms with Gasteiger partial charge in [-0.15, -0.1) is 0 Å². The van der Waals surface area contributed by atoms with Crippen molar-refractivity contribution in [2.75, 3.05) is 7.05 Å². The van der Waals surface area contributed by atoms with Crippen molar-refractivity contribution >= 4 is 6.85 Å². The van der Waals surface area contributed by atoms with Gasteiger partial charge in [0.1, 0.15) is 6.17 Å². The summed E-state index contributed by atoms with van der Waals surface area (Å²) in [5.41, 5.74) is 0. The van der Waals surface area contributed by atoms with Gasteiger partial charge in [-0.3, -0.25) is 0 Å². The SMILES string of the molecule is CNB(C)C[C@@H]1CCCC1F. The molecule has 0 amide bonds. The normalized spacial score (nSPS) is 30.8. The van der Waals surface area contributed by atoms with Crippen molar-refractivity contribution in [2.24, 2.45) is 5.92 Å². The molecule has 2 atom stereocenters. The van der Waals surface area contributed by atoms with E-state index in [0.29, 0.717) is 12.8 Å². The zero-order valence-electron chi connectivity index (χ0n) is 7.44. The van der Waals surface area contributed by atoms with E-state index in [2.05, 4.69) is 12.1 Å². The highest BCUT2D eigenvalue weighted by Crippen LogP contribution is 2.31. The lowest BCUT2D eigenvalue weighted by atomic mass is 9.58. The molecule has 0 aromatic carbocycles. The molecule has 1 saturated carbocycles. The summed E-state index contributed by atoms with van der Waals surface area (Å²) in [7, 11) is 1.94. The van der Waals surface area contributed by atoms with Gasteiger partial charge in [-0.05, 0) is 25.8 Å². The summed E-state index contributed by atoms with van der Waals surface area (Å²) in [6.07, 6.45) is 3.44. The highest BCUT2D eigenvalue weighted by Gasteiger charge is 2.28. The van der Waals surface area contributed by atoms with E-state index in [1.807, 2.05) is 7.05 Å². The fourth-order valence-corrected chi connectivity index (χ4v) is 1.83. The van der Waals surface area contributed by atoms with Crippen LogP contribution in [0.5, 0.6) is 0 Å². The van der Waals surface area contributed by atoms with E-state index in [4.69, 9.17) is 0 Å². The number of halogens is 1. The third-order valence-corrected chi connectivity index (χ3v) is 2.72. The monoisotopic (exact) mass is 157 g/mol. The Balaban J connectivity index is 2.24.